The van der Waals surface area contributed by atoms with Crippen molar-refractivity contribution in [1.82, 2.24) is 9.97 Å². The Bertz CT molecular complexity index is 1100. The highest BCUT2D eigenvalue weighted by Gasteiger charge is 2.27. The number of halogens is 1. The Kier molecular flexibility index (Phi) is 8.76. The van der Waals surface area contributed by atoms with Gasteiger partial charge in [-0.2, -0.15) is 4.33 Å². The van der Waals surface area contributed by atoms with E-state index >= 15 is 0 Å². The minimum atomic E-state index is -0.571. The summed E-state index contributed by atoms with van der Waals surface area (Å²) >= 11 is 0.802. The molecule has 9 heteroatoms. The first-order chi connectivity index (χ1) is 15.9. The fourth-order valence-corrected chi connectivity index (χ4v) is 3.52. The SMILES string of the molecule is CCOC(=O)c1c(-c2ccc(F)cc2OCc2ccccc2)nc(SOOC)nc1C(C)C. The highest BCUT2D eigenvalue weighted by Crippen LogP contribution is 2.36. The number of hydrogen-bond acceptors (Lipinski definition) is 8. The molecule has 0 aliphatic rings. The van der Waals surface area contributed by atoms with Crippen molar-refractivity contribution >= 4 is 18.0 Å². The van der Waals surface area contributed by atoms with Crippen LogP contribution in [0.5, 0.6) is 5.75 Å². The van der Waals surface area contributed by atoms with Gasteiger partial charge in [0.25, 0.3) is 0 Å². The average molecular weight is 473 g/mol. The number of carbonyl (C=O) groups is 1. The molecule has 3 rings (SSSR count). The molecule has 0 aliphatic carbocycles. The van der Waals surface area contributed by atoms with Crippen LogP contribution in [0.1, 0.15) is 48.3 Å². The molecule has 0 saturated carbocycles. The van der Waals surface area contributed by atoms with E-state index in [1.54, 1.807) is 6.92 Å². The van der Waals surface area contributed by atoms with Crippen molar-refractivity contribution in [1.29, 1.82) is 0 Å². The molecule has 2 aromatic carbocycles. The molecular weight excluding hydrogens is 447 g/mol. The number of hydrogen-bond donors (Lipinski definition) is 0. The minimum Gasteiger partial charge on any atom is -0.488 e. The van der Waals surface area contributed by atoms with Gasteiger partial charge in [0.2, 0.25) is 5.16 Å². The summed E-state index contributed by atoms with van der Waals surface area (Å²) in [4.78, 5) is 26.6. The van der Waals surface area contributed by atoms with Crippen molar-refractivity contribution in [2.24, 2.45) is 0 Å². The average Bonchev–Trinajstić information content (AvgIpc) is 2.81. The summed E-state index contributed by atoms with van der Waals surface area (Å²) in [7, 11) is 1.36. The lowest BCUT2D eigenvalue weighted by atomic mass is 9.98. The summed E-state index contributed by atoms with van der Waals surface area (Å²) in [6.45, 7) is 5.91. The maximum Gasteiger partial charge on any atom is 0.342 e. The van der Waals surface area contributed by atoms with Gasteiger partial charge in [0, 0.05) is 11.6 Å². The fraction of sp³-hybridized carbons (Fsp3) is 0.292. The molecule has 0 fully saturated rings. The summed E-state index contributed by atoms with van der Waals surface area (Å²) in [5.74, 6) is -0.947. The summed E-state index contributed by atoms with van der Waals surface area (Å²) in [5.41, 5.74) is 2.27. The van der Waals surface area contributed by atoms with Crippen molar-refractivity contribution in [2.45, 2.75) is 38.5 Å². The van der Waals surface area contributed by atoms with Gasteiger partial charge in [0.05, 0.1) is 25.1 Å². The van der Waals surface area contributed by atoms with Gasteiger partial charge in [-0.05, 0) is 30.5 Å². The zero-order valence-corrected chi connectivity index (χ0v) is 19.6. The number of aromatic nitrogens is 2. The summed E-state index contributed by atoms with van der Waals surface area (Å²) < 4.78 is 30.4. The third kappa shape index (κ3) is 6.28. The highest BCUT2D eigenvalue weighted by atomic mass is 32.2. The van der Waals surface area contributed by atoms with Crippen LogP contribution in [0, 0.1) is 5.82 Å². The van der Waals surface area contributed by atoms with E-state index in [4.69, 9.17) is 13.8 Å². The second-order valence-corrected chi connectivity index (χ2v) is 7.89. The zero-order chi connectivity index (χ0) is 23.8. The molecule has 0 saturated heterocycles. The lowest BCUT2D eigenvalue weighted by molar-refractivity contribution is -0.160. The maximum atomic E-state index is 14.2. The Morgan fingerprint density at radius 1 is 1.12 bits per heavy atom. The van der Waals surface area contributed by atoms with Crippen LogP contribution < -0.4 is 4.74 Å². The monoisotopic (exact) mass is 472 g/mol. The molecule has 33 heavy (non-hydrogen) atoms. The number of nitrogens with zero attached hydrogens (tertiary/aromatic N) is 2. The fourth-order valence-electron chi connectivity index (χ4n) is 3.12. The summed E-state index contributed by atoms with van der Waals surface area (Å²) in [6.07, 6.45) is 0. The molecule has 174 valence electrons. The van der Waals surface area contributed by atoms with E-state index in [1.165, 1.54) is 25.3 Å². The number of benzene rings is 2. The van der Waals surface area contributed by atoms with Crippen molar-refractivity contribution < 1.29 is 27.9 Å². The van der Waals surface area contributed by atoms with Crippen LogP contribution in [0.25, 0.3) is 11.3 Å². The molecule has 3 aromatic rings. The number of ether oxygens (including phenoxy) is 2. The predicted octanol–water partition coefficient (Wildman–Crippen LogP) is 5.75. The van der Waals surface area contributed by atoms with Gasteiger partial charge >= 0.3 is 5.97 Å². The quantitative estimate of drug-likeness (QED) is 0.121. The van der Waals surface area contributed by atoms with Gasteiger partial charge in [-0.25, -0.2) is 24.0 Å². The van der Waals surface area contributed by atoms with Gasteiger partial charge in [0.15, 0.2) is 0 Å². The van der Waals surface area contributed by atoms with E-state index in [1.807, 2.05) is 44.2 Å². The second-order valence-electron chi connectivity index (χ2n) is 7.22. The largest absolute Gasteiger partial charge is 0.488 e. The third-order valence-electron chi connectivity index (χ3n) is 4.56. The van der Waals surface area contributed by atoms with E-state index < -0.39 is 11.8 Å². The van der Waals surface area contributed by atoms with E-state index in [2.05, 4.69) is 14.9 Å². The summed E-state index contributed by atoms with van der Waals surface area (Å²) in [6, 6.07) is 13.6. The van der Waals surface area contributed by atoms with Crippen molar-refractivity contribution in [3.05, 3.63) is 71.2 Å². The van der Waals surface area contributed by atoms with Crippen LogP contribution in [0.15, 0.2) is 53.7 Å². The van der Waals surface area contributed by atoms with E-state index in [0.717, 1.165) is 17.6 Å². The van der Waals surface area contributed by atoms with Gasteiger partial charge in [0.1, 0.15) is 35.8 Å². The molecule has 0 spiro atoms. The van der Waals surface area contributed by atoms with Crippen molar-refractivity contribution in [3.63, 3.8) is 0 Å². The van der Waals surface area contributed by atoms with Crippen molar-refractivity contribution in [3.8, 4) is 17.0 Å². The number of rotatable bonds is 10. The Balaban J connectivity index is 2.16. The molecule has 0 radical (unpaired) electrons. The van der Waals surface area contributed by atoms with E-state index in [0.29, 0.717) is 11.3 Å². The number of esters is 1. The molecule has 1 heterocycles. The minimum absolute atomic E-state index is 0.137. The van der Waals surface area contributed by atoms with Crippen LogP contribution in [0.4, 0.5) is 4.39 Å². The zero-order valence-electron chi connectivity index (χ0n) is 18.8. The van der Waals surface area contributed by atoms with Crippen molar-refractivity contribution in [2.75, 3.05) is 13.7 Å². The molecule has 0 bridgehead atoms. The van der Waals surface area contributed by atoms with Gasteiger partial charge in [-0.15, -0.1) is 0 Å². The molecule has 7 nitrogen and oxygen atoms in total. The maximum absolute atomic E-state index is 14.2. The van der Waals surface area contributed by atoms with E-state index in [9.17, 15) is 9.18 Å². The number of carbonyl (C=O) groups excluding carboxylic acids is 1. The van der Waals surface area contributed by atoms with Crippen LogP contribution >= 0.6 is 12.0 Å². The molecule has 0 unspecified atom stereocenters. The highest BCUT2D eigenvalue weighted by molar-refractivity contribution is 7.94. The first kappa shape index (κ1) is 24.6. The van der Waals surface area contributed by atoms with Crippen LogP contribution in [-0.4, -0.2) is 29.7 Å². The first-order valence-electron chi connectivity index (χ1n) is 10.4. The Morgan fingerprint density at radius 3 is 2.55 bits per heavy atom. The first-order valence-corrected chi connectivity index (χ1v) is 11.1. The molecular formula is C24H25FN2O5S. The topological polar surface area (TPSA) is 79.8 Å². The lowest BCUT2D eigenvalue weighted by Gasteiger charge is -2.18. The Labute approximate surface area is 196 Å². The van der Waals surface area contributed by atoms with Crippen LogP contribution in [0.2, 0.25) is 0 Å². The normalized spacial score (nSPS) is 11.0. The third-order valence-corrected chi connectivity index (χ3v) is 5.09. The van der Waals surface area contributed by atoms with Gasteiger partial charge in [-0.3, -0.25) is 0 Å². The molecule has 0 aliphatic heterocycles. The molecule has 0 atom stereocenters. The molecule has 1 aromatic heterocycles. The second kappa shape index (κ2) is 11.7. The Hall–Kier alpha value is -3.01. The standard InChI is InChI=1S/C24H25FN2O5S/c1-5-30-23(28)20-21(15(2)3)26-24(33-32-29-4)27-22(20)18-12-11-17(25)13-19(18)31-14-16-9-7-6-8-10-16/h6-13,15H,5,14H2,1-4H3. The smallest absolute Gasteiger partial charge is 0.342 e. The van der Waals surface area contributed by atoms with Crippen LogP contribution in [0.3, 0.4) is 0 Å². The van der Waals surface area contributed by atoms with Gasteiger partial charge in [-0.1, -0.05) is 44.2 Å². The molecule has 0 N–H and O–H groups in total. The lowest BCUT2D eigenvalue weighted by Crippen LogP contribution is -2.15. The van der Waals surface area contributed by atoms with Crippen LogP contribution in [-0.2, 0) is 20.6 Å². The van der Waals surface area contributed by atoms with Gasteiger partial charge < -0.3 is 9.47 Å². The summed E-state index contributed by atoms with van der Waals surface area (Å²) in [5, 5.41) is 0.224. The predicted molar refractivity (Wildman–Crippen MR) is 122 cm³/mol. The molecule has 0 amide bonds. The Morgan fingerprint density at radius 2 is 1.88 bits per heavy atom. The van der Waals surface area contributed by atoms with E-state index in [-0.39, 0.29) is 41.3 Å².